The van der Waals surface area contributed by atoms with E-state index in [0.717, 1.165) is 29.3 Å². The predicted molar refractivity (Wildman–Crippen MR) is 113 cm³/mol. The lowest BCUT2D eigenvalue weighted by molar-refractivity contribution is -0.131. The van der Waals surface area contributed by atoms with E-state index in [2.05, 4.69) is 29.2 Å². The minimum absolute atomic E-state index is 0.427. The topological polar surface area (TPSA) is 74.2 Å². The summed E-state index contributed by atoms with van der Waals surface area (Å²) in [5.74, 6) is 0.251. The summed E-state index contributed by atoms with van der Waals surface area (Å²) in [5, 5.41) is 7.75. The third kappa shape index (κ3) is 3.94. The molecule has 7 nitrogen and oxygen atoms in total. The number of anilines is 1. The van der Waals surface area contributed by atoms with Crippen molar-refractivity contribution < 1.29 is 14.3 Å². The molecule has 0 bridgehead atoms. The fourth-order valence-electron chi connectivity index (χ4n) is 3.33. The monoisotopic (exact) mass is 394 g/mol. The van der Waals surface area contributed by atoms with Gasteiger partial charge in [0.1, 0.15) is 11.3 Å². The first-order valence-corrected chi connectivity index (χ1v) is 9.63. The summed E-state index contributed by atoms with van der Waals surface area (Å²) in [6, 6.07) is 14.3. The molecule has 0 spiro atoms. The van der Waals surface area contributed by atoms with Gasteiger partial charge in [-0.05, 0) is 56.2 Å². The van der Waals surface area contributed by atoms with Crippen molar-refractivity contribution in [1.82, 2.24) is 10.3 Å². The minimum Gasteiger partial charge on any atom is -0.497 e. The lowest BCUT2D eigenvalue weighted by atomic mass is 9.92. The fraction of sp³-hybridized carbons (Fsp3) is 0.318. The molecule has 1 saturated heterocycles. The first-order valence-electron chi connectivity index (χ1n) is 9.63. The molecular weight excluding hydrogens is 368 g/mol. The average molecular weight is 394 g/mol. The molecular formula is C22H26N4O3. The first-order chi connectivity index (χ1) is 13.9. The summed E-state index contributed by atoms with van der Waals surface area (Å²) in [5.41, 5.74) is 1.42. The van der Waals surface area contributed by atoms with Gasteiger partial charge in [0.15, 0.2) is 0 Å². The van der Waals surface area contributed by atoms with Crippen LogP contribution in [-0.2, 0) is 10.3 Å². The average Bonchev–Trinajstić information content (AvgIpc) is 2.97. The van der Waals surface area contributed by atoms with E-state index in [1.54, 1.807) is 38.3 Å². The van der Waals surface area contributed by atoms with Crippen LogP contribution in [0.15, 0.2) is 53.6 Å². The van der Waals surface area contributed by atoms with Gasteiger partial charge in [-0.1, -0.05) is 24.3 Å². The molecule has 3 rings (SSSR count). The molecule has 0 aliphatic carbocycles. The number of methoxy groups -OCH3 is 1. The summed E-state index contributed by atoms with van der Waals surface area (Å²) in [4.78, 5) is 27.5. The number of benzene rings is 2. The van der Waals surface area contributed by atoms with Crippen molar-refractivity contribution in [2.24, 2.45) is 5.10 Å². The van der Waals surface area contributed by atoms with E-state index in [4.69, 9.17) is 4.74 Å². The molecule has 152 valence electrons. The van der Waals surface area contributed by atoms with Crippen LogP contribution < -0.4 is 15.0 Å². The van der Waals surface area contributed by atoms with Crippen LogP contribution in [0.5, 0.6) is 5.75 Å². The number of urea groups is 1. The molecule has 29 heavy (non-hydrogen) atoms. The number of hydrazone groups is 1. The number of nitrogens with zero attached hydrogens (tertiary/aromatic N) is 3. The maximum absolute atomic E-state index is 12.9. The Morgan fingerprint density at radius 3 is 2.24 bits per heavy atom. The van der Waals surface area contributed by atoms with Gasteiger partial charge in [0.05, 0.1) is 13.3 Å². The van der Waals surface area contributed by atoms with Crippen LogP contribution >= 0.6 is 0 Å². The van der Waals surface area contributed by atoms with Crippen LogP contribution in [0.3, 0.4) is 0 Å². The number of amides is 3. The van der Waals surface area contributed by atoms with Crippen LogP contribution in [0.4, 0.5) is 10.5 Å². The number of hydrogen-bond acceptors (Lipinski definition) is 5. The van der Waals surface area contributed by atoms with E-state index in [1.807, 2.05) is 24.3 Å². The molecule has 1 fully saturated rings. The standard InChI is InChI=1S/C22H26N4O3/c1-5-25(6-2)18-11-7-16(8-12-18)15-23-26-20(27)22(3,24-21(26)28)17-9-13-19(29-4)14-10-17/h7-15H,5-6H2,1-4H3,(H,24,28)/b23-15+. The molecule has 0 radical (unpaired) electrons. The molecule has 1 aliphatic heterocycles. The molecule has 1 atom stereocenters. The van der Waals surface area contributed by atoms with Crippen molar-refractivity contribution >= 4 is 23.8 Å². The third-order valence-corrected chi connectivity index (χ3v) is 5.18. The molecule has 2 aromatic carbocycles. The van der Waals surface area contributed by atoms with Crippen molar-refractivity contribution in [3.63, 3.8) is 0 Å². The molecule has 1 aliphatic rings. The molecule has 1 N–H and O–H groups in total. The van der Waals surface area contributed by atoms with Crippen molar-refractivity contribution in [3.05, 3.63) is 59.7 Å². The molecule has 2 aromatic rings. The van der Waals surface area contributed by atoms with E-state index in [-0.39, 0.29) is 0 Å². The Morgan fingerprint density at radius 1 is 1.07 bits per heavy atom. The lowest BCUT2D eigenvalue weighted by Gasteiger charge is -2.21. The van der Waals surface area contributed by atoms with Gasteiger partial charge in [-0.25, -0.2) is 4.79 Å². The molecule has 0 aromatic heterocycles. The summed E-state index contributed by atoms with van der Waals surface area (Å²) in [6.07, 6.45) is 1.52. The van der Waals surface area contributed by atoms with Gasteiger partial charge in [0, 0.05) is 18.8 Å². The van der Waals surface area contributed by atoms with E-state index < -0.39 is 17.5 Å². The molecule has 1 unspecified atom stereocenters. The third-order valence-electron chi connectivity index (χ3n) is 5.18. The Labute approximate surface area is 171 Å². The van der Waals surface area contributed by atoms with Crippen LogP contribution in [-0.4, -0.2) is 43.4 Å². The van der Waals surface area contributed by atoms with Gasteiger partial charge in [-0.3, -0.25) is 4.79 Å². The van der Waals surface area contributed by atoms with Crippen molar-refractivity contribution in [1.29, 1.82) is 0 Å². The maximum Gasteiger partial charge on any atom is 0.346 e. The van der Waals surface area contributed by atoms with E-state index in [0.29, 0.717) is 11.3 Å². The number of rotatable bonds is 7. The lowest BCUT2D eigenvalue weighted by Crippen LogP contribution is -2.40. The normalized spacial score (nSPS) is 19.0. The zero-order valence-corrected chi connectivity index (χ0v) is 17.2. The van der Waals surface area contributed by atoms with Crippen molar-refractivity contribution in [2.45, 2.75) is 26.3 Å². The first kappa shape index (κ1) is 20.4. The number of imide groups is 1. The second kappa shape index (κ2) is 8.34. The number of carbonyl (C=O) groups is 2. The smallest absolute Gasteiger partial charge is 0.346 e. The van der Waals surface area contributed by atoms with Gasteiger partial charge < -0.3 is 15.0 Å². The summed E-state index contributed by atoms with van der Waals surface area (Å²) in [7, 11) is 1.57. The highest BCUT2D eigenvalue weighted by molar-refractivity contribution is 6.07. The summed E-state index contributed by atoms with van der Waals surface area (Å²) < 4.78 is 5.15. The molecule has 1 heterocycles. The Kier molecular flexibility index (Phi) is 5.87. The van der Waals surface area contributed by atoms with E-state index >= 15 is 0 Å². The number of carbonyl (C=O) groups excluding carboxylic acids is 2. The van der Waals surface area contributed by atoms with Crippen molar-refractivity contribution in [3.8, 4) is 5.75 Å². The second-order valence-corrected chi connectivity index (χ2v) is 6.91. The zero-order chi connectivity index (χ0) is 21.0. The highest BCUT2D eigenvalue weighted by atomic mass is 16.5. The Morgan fingerprint density at radius 2 is 1.69 bits per heavy atom. The quantitative estimate of drug-likeness (QED) is 0.577. The highest BCUT2D eigenvalue weighted by Gasteiger charge is 2.49. The van der Waals surface area contributed by atoms with Crippen molar-refractivity contribution in [2.75, 3.05) is 25.1 Å². The molecule has 7 heteroatoms. The van der Waals surface area contributed by atoms with E-state index in [9.17, 15) is 9.59 Å². The molecule has 3 amide bonds. The van der Waals surface area contributed by atoms with Crippen LogP contribution in [0, 0.1) is 0 Å². The van der Waals surface area contributed by atoms with Gasteiger partial charge in [-0.15, -0.1) is 5.01 Å². The van der Waals surface area contributed by atoms with Gasteiger partial charge in [0.2, 0.25) is 0 Å². The summed E-state index contributed by atoms with van der Waals surface area (Å²) >= 11 is 0. The van der Waals surface area contributed by atoms with Gasteiger partial charge in [-0.2, -0.15) is 5.10 Å². The Bertz CT molecular complexity index is 905. The Balaban J connectivity index is 1.77. The molecule has 0 saturated carbocycles. The second-order valence-electron chi connectivity index (χ2n) is 6.91. The van der Waals surface area contributed by atoms with Crippen LogP contribution in [0.1, 0.15) is 31.9 Å². The number of ether oxygens (including phenoxy) is 1. The largest absolute Gasteiger partial charge is 0.497 e. The summed E-state index contributed by atoms with van der Waals surface area (Å²) in [6.45, 7) is 7.74. The predicted octanol–water partition coefficient (Wildman–Crippen LogP) is 3.34. The zero-order valence-electron chi connectivity index (χ0n) is 17.2. The van der Waals surface area contributed by atoms with E-state index in [1.165, 1.54) is 6.21 Å². The van der Waals surface area contributed by atoms with Crippen LogP contribution in [0.2, 0.25) is 0 Å². The number of hydrogen-bond donors (Lipinski definition) is 1. The maximum atomic E-state index is 12.9. The fourth-order valence-corrected chi connectivity index (χ4v) is 3.33. The highest BCUT2D eigenvalue weighted by Crippen LogP contribution is 2.30. The van der Waals surface area contributed by atoms with Crippen LogP contribution in [0.25, 0.3) is 0 Å². The van der Waals surface area contributed by atoms with Gasteiger partial charge in [0.25, 0.3) is 5.91 Å². The SMILES string of the molecule is CCN(CC)c1ccc(/C=N/N2C(=O)NC(C)(c3ccc(OC)cc3)C2=O)cc1. The number of nitrogens with one attached hydrogen (secondary N) is 1. The Hall–Kier alpha value is -3.35. The minimum atomic E-state index is -1.17. The van der Waals surface area contributed by atoms with Gasteiger partial charge >= 0.3 is 6.03 Å².